The molecule has 1 fully saturated rings. The van der Waals surface area contributed by atoms with Gasteiger partial charge >= 0.3 is 0 Å². The highest BCUT2D eigenvalue weighted by Gasteiger charge is 2.28. The summed E-state index contributed by atoms with van der Waals surface area (Å²) < 4.78 is 63.5. The number of carbonyl (C=O) groups excluding carboxylic acids is 1. The SMILES string of the molecule is O=C(Nc1nnc(C2CC2)s1)c1ccc(COc2c(F)c(F)cc(F)c2F)o1. The third-order valence-electron chi connectivity index (χ3n) is 3.90. The molecule has 11 heteroatoms. The van der Waals surface area contributed by atoms with Crippen LogP contribution in [0, 0.1) is 23.3 Å². The zero-order valence-corrected chi connectivity index (χ0v) is 14.8. The molecule has 1 N–H and O–H groups in total. The summed E-state index contributed by atoms with van der Waals surface area (Å²) in [4.78, 5) is 12.2. The third-order valence-corrected chi connectivity index (χ3v) is 4.90. The molecule has 1 saturated carbocycles. The van der Waals surface area contributed by atoms with Crippen LogP contribution in [0.5, 0.6) is 5.75 Å². The van der Waals surface area contributed by atoms with Crippen molar-refractivity contribution in [3.8, 4) is 5.75 Å². The first-order valence-electron chi connectivity index (χ1n) is 8.11. The summed E-state index contributed by atoms with van der Waals surface area (Å²) in [6, 6.07) is 2.72. The van der Waals surface area contributed by atoms with Crippen molar-refractivity contribution in [1.82, 2.24) is 10.2 Å². The molecule has 3 aromatic rings. The molecule has 0 radical (unpaired) electrons. The fraction of sp³-hybridized carbons (Fsp3) is 0.235. The normalized spacial score (nSPS) is 13.6. The highest BCUT2D eigenvalue weighted by Crippen LogP contribution is 2.42. The van der Waals surface area contributed by atoms with E-state index in [1.54, 1.807) is 0 Å². The van der Waals surface area contributed by atoms with Gasteiger partial charge in [-0.3, -0.25) is 10.1 Å². The van der Waals surface area contributed by atoms with E-state index in [9.17, 15) is 22.4 Å². The lowest BCUT2D eigenvalue weighted by molar-refractivity contribution is 0.0992. The molecule has 0 unspecified atom stereocenters. The number of hydrogen-bond donors (Lipinski definition) is 1. The van der Waals surface area contributed by atoms with Crippen molar-refractivity contribution in [1.29, 1.82) is 0 Å². The summed E-state index contributed by atoms with van der Waals surface area (Å²) >= 11 is 1.27. The maximum Gasteiger partial charge on any atom is 0.293 e. The number of nitrogens with one attached hydrogen (secondary N) is 1. The number of anilines is 1. The van der Waals surface area contributed by atoms with Crippen LogP contribution in [0.3, 0.4) is 0 Å². The molecule has 0 atom stereocenters. The van der Waals surface area contributed by atoms with Crippen molar-refractivity contribution in [2.75, 3.05) is 5.32 Å². The van der Waals surface area contributed by atoms with Crippen molar-refractivity contribution in [2.45, 2.75) is 25.4 Å². The van der Waals surface area contributed by atoms with Crippen LogP contribution in [0.2, 0.25) is 0 Å². The van der Waals surface area contributed by atoms with E-state index in [0.29, 0.717) is 11.0 Å². The summed E-state index contributed by atoms with van der Waals surface area (Å²) in [6.45, 7) is -0.547. The van der Waals surface area contributed by atoms with Crippen LogP contribution in [0.25, 0.3) is 0 Å². The number of nitrogens with zero attached hydrogens (tertiary/aromatic N) is 2. The van der Waals surface area contributed by atoms with Crippen LogP contribution in [0.1, 0.15) is 40.1 Å². The van der Waals surface area contributed by atoms with Gasteiger partial charge in [0.05, 0.1) is 0 Å². The smallest absolute Gasteiger partial charge is 0.293 e. The predicted octanol–water partition coefficient (Wildman–Crippen LogP) is 4.40. The largest absolute Gasteiger partial charge is 0.479 e. The summed E-state index contributed by atoms with van der Waals surface area (Å²) in [7, 11) is 0. The summed E-state index contributed by atoms with van der Waals surface area (Å²) in [5.74, 6) is -7.98. The van der Waals surface area contributed by atoms with Crippen molar-refractivity contribution in [3.63, 3.8) is 0 Å². The van der Waals surface area contributed by atoms with Crippen molar-refractivity contribution in [3.05, 3.63) is 58.0 Å². The fourth-order valence-corrected chi connectivity index (χ4v) is 3.25. The standard InChI is InChI=1S/C17H11F4N3O3S/c18-9-5-10(19)13(21)14(12(9)20)26-6-8-3-4-11(27-8)15(25)22-17-24-23-16(28-17)7-1-2-7/h3-5,7H,1-2,6H2,(H,22,24,25). The molecule has 0 bridgehead atoms. The number of halogens is 4. The van der Waals surface area contributed by atoms with E-state index in [1.165, 1.54) is 23.5 Å². The summed E-state index contributed by atoms with van der Waals surface area (Å²) in [5, 5.41) is 11.6. The van der Waals surface area contributed by atoms with Crippen LogP contribution in [-0.4, -0.2) is 16.1 Å². The Morgan fingerprint density at radius 2 is 1.89 bits per heavy atom. The minimum absolute atomic E-state index is 0.0181. The molecule has 28 heavy (non-hydrogen) atoms. The minimum Gasteiger partial charge on any atom is -0.479 e. The fourth-order valence-electron chi connectivity index (χ4n) is 2.34. The lowest BCUT2D eigenvalue weighted by Crippen LogP contribution is -2.10. The van der Waals surface area contributed by atoms with Gasteiger partial charge in [-0.2, -0.15) is 8.78 Å². The Morgan fingerprint density at radius 1 is 1.18 bits per heavy atom. The number of hydrogen-bond acceptors (Lipinski definition) is 6. The monoisotopic (exact) mass is 413 g/mol. The van der Waals surface area contributed by atoms with E-state index in [2.05, 4.69) is 15.5 Å². The second-order valence-electron chi connectivity index (χ2n) is 6.03. The maximum atomic E-state index is 13.6. The number of aromatic nitrogens is 2. The van der Waals surface area contributed by atoms with E-state index >= 15 is 0 Å². The minimum atomic E-state index is -1.66. The number of benzene rings is 1. The summed E-state index contributed by atoms with van der Waals surface area (Å²) in [5.41, 5.74) is 0. The Labute approximate surface area is 159 Å². The Morgan fingerprint density at radius 3 is 2.57 bits per heavy atom. The molecule has 0 spiro atoms. The maximum absolute atomic E-state index is 13.6. The lowest BCUT2D eigenvalue weighted by atomic mass is 10.3. The first-order valence-corrected chi connectivity index (χ1v) is 8.93. The average Bonchev–Trinajstić information content (AvgIpc) is 3.22. The van der Waals surface area contributed by atoms with Crippen molar-refractivity contribution >= 4 is 22.4 Å². The highest BCUT2D eigenvalue weighted by molar-refractivity contribution is 7.15. The van der Waals surface area contributed by atoms with E-state index in [-0.39, 0.29) is 17.6 Å². The number of furan rings is 1. The Hall–Kier alpha value is -2.95. The number of ether oxygens (including phenoxy) is 1. The average molecular weight is 413 g/mol. The van der Waals surface area contributed by atoms with Gasteiger partial charge in [0.2, 0.25) is 16.8 Å². The van der Waals surface area contributed by atoms with Gasteiger partial charge in [-0.25, -0.2) is 8.78 Å². The number of amides is 1. The first kappa shape index (κ1) is 18.4. The van der Waals surface area contributed by atoms with Crippen molar-refractivity contribution in [2.24, 2.45) is 0 Å². The molecule has 4 rings (SSSR count). The number of carbonyl (C=O) groups is 1. The quantitative estimate of drug-likeness (QED) is 0.479. The Bertz CT molecular complexity index is 1020. The molecule has 2 aromatic heterocycles. The molecule has 146 valence electrons. The molecular formula is C17H11F4N3O3S. The zero-order chi connectivity index (χ0) is 19.8. The predicted molar refractivity (Wildman–Crippen MR) is 89.2 cm³/mol. The molecular weight excluding hydrogens is 402 g/mol. The van der Waals surface area contributed by atoms with E-state index in [4.69, 9.17) is 9.15 Å². The second kappa shape index (κ2) is 7.23. The molecule has 1 aromatic carbocycles. The van der Waals surface area contributed by atoms with Gasteiger partial charge in [-0.05, 0) is 25.0 Å². The Kier molecular flexibility index (Phi) is 4.75. The third kappa shape index (κ3) is 3.70. The summed E-state index contributed by atoms with van der Waals surface area (Å²) in [6.07, 6.45) is 2.11. The molecule has 0 saturated heterocycles. The van der Waals surface area contributed by atoms with Gasteiger partial charge in [0, 0.05) is 12.0 Å². The molecule has 2 heterocycles. The molecule has 1 aliphatic carbocycles. The molecule has 1 amide bonds. The van der Waals surface area contributed by atoms with Gasteiger partial charge < -0.3 is 9.15 Å². The van der Waals surface area contributed by atoms with Gasteiger partial charge in [0.25, 0.3) is 5.91 Å². The second-order valence-corrected chi connectivity index (χ2v) is 7.03. The topological polar surface area (TPSA) is 77.2 Å². The van der Waals surface area contributed by atoms with E-state index < -0.39 is 41.5 Å². The lowest BCUT2D eigenvalue weighted by Gasteiger charge is -2.08. The van der Waals surface area contributed by atoms with E-state index in [1.807, 2.05) is 0 Å². The Balaban J connectivity index is 1.41. The van der Waals surface area contributed by atoms with Crippen LogP contribution < -0.4 is 10.1 Å². The van der Waals surface area contributed by atoms with Crippen LogP contribution in [0.15, 0.2) is 22.6 Å². The highest BCUT2D eigenvalue weighted by atomic mass is 32.1. The van der Waals surface area contributed by atoms with Crippen molar-refractivity contribution < 1.29 is 31.5 Å². The molecule has 0 aliphatic heterocycles. The number of rotatable bonds is 6. The van der Waals surface area contributed by atoms with Crippen LogP contribution >= 0.6 is 11.3 Å². The molecule has 1 aliphatic rings. The van der Waals surface area contributed by atoms with Gasteiger partial charge in [0.1, 0.15) is 17.4 Å². The zero-order valence-electron chi connectivity index (χ0n) is 14.0. The van der Waals surface area contributed by atoms with Crippen LogP contribution in [-0.2, 0) is 6.61 Å². The first-order chi connectivity index (χ1) is 13.4. The van der Waals surface area contributed by atoms with E-state index in [0.717, 1.165) is 17.8 Å². The van der Waals surface area contributed by atoms with Gasteiger partial charge in [-0.1, -0.05) is 11.3 Å². The van der Waals surface area contributed by atoms with Gasteiger partial charge in [0.15, 0.2) is 23.1 Å². The van der Waals surface area contributed by atoms with Crippen LogP contribution in [0.4, 0.5) is 22.7 Å². The van der Waals surface area contributed by atoms with Gasteiger partial charge in [-0.15, -0.1) is 10.2 Å². The molecule has 6 nitrogen and oxygen atoms in total.